The molecule has 3 aromatic rings. The number of aryl methyl sites for hydroxylation is 1. The zero-order chi connectivity index (χ0) is 30.2. The number of hydrogen-bond acceptors (Lipinski definition) is 6. The molecule has 3 atom stereocenters. The van der Waals surface area contributed by atoms with Crippen molar-refractivity contribution >= 4 is 29.2 Å². The van der Waals surface area contributed by atoms with Crippen LogP contribution in [0.25, 0.3) is 0 Å². The number of benzene rings is 2. The van der Waals surface area contributed by atoms with Gasteiger partial charge in [-0.25, -0.2) is 18.2 Å². The molecule has 1 saturated carbocycles. The maximum Gasteiger partial charge on any atom is 0.257 e. The summed E-state index contributed by atoms with van der Waals surface area (Å²) < 4.78 is 41.8. The van der Waals surface area contributed by atoms with Gasteiger partial charge in [0.15, 0.2) is 0 Å². The molecule has 2 aromatic carbocycles. The predicted octanol–water partition coefficient (Wildman–Crippen LogP) is 3.56. The Hall–Kier alpha value is -4.76. The number of carbonyl (C=O) groups is 3. The summed E-state index contributed by atoms with van der Waals surface area (Å²) in [6.45, 7) is 1.70. The van der Waals surface area contributed by atoms with Crippen molar-refractivity contribution in [1.29, 1.82) is 5.26 Å². The normalized spacial score (nSPS) is 20.4. The SMILES string of the molecule is Cc1ccccc1[C@@H](C(=O)NC1CC(F)(F)C1)N(C(=O)[C@@H]1C[C@@H](O)C(=O)N1c1cc(C#N)ccn1)c1cccc(F)c1. The molecule has 1 saturated heterocycles. The van der Waals surface area contributed by atoms with Crippen LogP contribution in [0.1, 0.15) is 42.0 Å². The molecule has 1 aromatic heterocycles. The van der Waals surface area contributed by atoms with E-state index in [1.807, 2.05) is 6.07 Å². The van der Waals surface area contributed by atoms with Crippen LogP contribution < -0.4 is 15.1 Å². The van der Waals surface area contributed by atoms with E-state index in [4.69, 9.17) is 0 Å². The molecule has 2 heterocycles. The Morgan fingerprint density at radius 3 is 2.57 bits per heavy atom. The first-order valence-electron chi connectivity index (χ1n) is 13.2. The van der Waals surface area contributed by atoms with Crippen LogP contribution in [0.2, 0.25) is 0 Å². The fourth-order valence-electron chi connectivity index (χ4n) is 5.36. The number of nitriles is 1. The third-order valence-electron chi connectivity index (χ3n) is 7.44. The van der Waals surface area contributed by atoms with Gasteiger partial charge in [-0.15, -0.1) is 0 Å². The number of hydrogen-bond donors (Lipinski definition) is 2. The monoisotopic (exact) mass is 577 g/mol. The van der Waals surface area contributed by atoms with Gasteiger partial charge in [0.1, 0.15) is 29.8 Å². The van der Waals surface area contributed by atoms with Crippen LogP contribution in [-0.2, 0) is 14.4 Å². The van der Waals surface area contributed by atoms with Crippen LogP contribution >= 0.6 is 0 Å². The Morgan fingerprint density at radius 1 is 1.17 bits per heavy atom. The number of anilines is 2. The molecule has 5 rings (SSSR count). The molecule has 216 valence electrons. The van der Waals surface area contributed by atoms with Gasteiger partial charge in [-0.3, -0.25) is 24.2 Å². The van der Waals surface area contributed by atoms with Gasteiger partial charge in [0.05, 0.1) is 11.6 Å². The number of alkyl halides is 2. The summed E-state index contributed by atoms with van der Waals surface area (Å²) >= 11 is 0. The lowest BCUT2D eigenvalue weighted by atomic mass is 9.87. The smallest absolute Gasteiger partial charge is 0.257 e. The fourth-order valence-corrected chi connectivity index (χ4v) is 5.36. The van der Waals surface area contributed by atoms with Gasteiger partial charge >= 0.3 is 0 Å². The number of nitrogens with one attached hydrogen (secondary N) is 1. The zero-order valence-corrected chi connectivity index (χ0v) is 22.4. The molecule has 12 heteroatoms. The molecule has 0 spiro atoms. The number of rotatable bonds is 7. The number of aromatic nitrogens is 1. The Balaban J connectivity index is 1.63. The van der Waals surface area contributed by atoms with Crippen LogP contribution in [0.15, 0.2) is 66.9 Å². The van der Waals surface area contributed by atoms with Gasteiger partial charge < -0.3 is 10.4 Å². The number of amides is 3. The van der Waals surface area contributed by atoms with E-state index in [9.17, 15) is 37.9 Å². The second-order valence-corrected chi connectivity index (χ2v) is 10.4. The van der Waals surface area contributed by atoms with E-state index < -0.39 is 66.5 Å². The minimum absolute atomic E-state index is 0.0325. The largest absolute Gasteiger partial charge is 0.383 e. The second kappa shape index (κ2) is 11.3. The van der Waals surface area contributed by atoms with E-state index >= 15 is 0 Å². The summed E-state index contributed by atoms with van der Waals surface area (Å²) in [6.07, 6.45) is -1.82. The number of aliphatic hydroxyl groups excluding tert-OH is 1. The molecule has 2 aliphatic rings. The Bertz CT molecular complexity index is 1580. The quantitative estimate of drug-likeness (QED) is 0.442. The van der Waals surface area contributed by atoms with Gasteiger partial charge in [-0.05, 0) is 48.4 Å². The van der Waals surface area contributed by atoms with E-state index in [1.54, 1.807) is 31.2 Å². The summed E-state index contributed by atoms with van der Waals surface area (Å²) in [6, 6.07) is 12.5. The van der Waals surface area contributed by atoms with Crippen LogP contribution in [0.5, 0.6) is 0 Å². The Labute approximate surface area is 239 Å². The van der Waals surface area contributed by atoms with Gasteiger partial charge in [-0.1, -0.05) is 30.3 Å². The van der Waals surface area contributed by atoms with Crippen molar-refractivity contribution in [2.24, 2.45) is 0 Å². The lowest BCUT2D eigenvalue weighted by molar-refractivity contribution is -0.133. The maximum atomic E-state index is 14.6. The first-order chi connectivity index (χ1) is 20.0. The van der Waals surface area contributed by atoms with Crippen molar-refractivity contribution in [2.75, 3.05) is 9.80 Å². The molecule has 1 aliphatic heterocycles. The summed E-state index contributed by atoms with van der Waals surface area (Å²) in [5.74, 6) is -6.17. The molecule has 1 aliphatic carbocycles. The lowest BCUT2D eigenvalue weighted by Crippen LogP contribution is -2.56. The van der Waals surface area contributed by atoms with E-state index in [0.717, 1.165) is 21.9 Å². The second-order valence-electron chi connectivity index (χ2n) is 10.4. The molecule has 2 fully saturated rings. The highest BCUT2D eigenvalue weighted by Crippen LogP contribution is 2.39. The van der Waals surface area contributed by atoms with Crippen LogP contribution in [0.3, 0.4) is 0 Å². The molecule has 3 amide bonds. The average Bonchev–Trinajstić information content (AvgIpc) is 3.24. The third-order valence-corrected chi connectivity index (χ3v) is 7.44. The van der Waals surface area contributed by atoms with E-state index in [2.05, 4.69) is 10.3 Å². The topological polar surface area (TPSA) is 127 Å². The predicted molar refractivity (Wildman–Crippen MR) is 145 cm³/mol. The Morgan fingerprint density at radius 2 is 1.90 bits per heavy atom. The number of nitrogens with zero attached hydrogens (tertiary/aromatic N) is 4. The first-order valence-corrected chi connectivity index (χ1v) is 13.2. The van der Waals surface area contributed by atoms with Crippen molar-refractivity contribution in [2.45, 2.75) is 56.3 Å². The highest BCUT2D eigenvalue weighted by atomic mass is 19.3. The molecule has 2 N–H and O–H groups in total. The van der Waals surface area contributed by atoms with Crippen LogP contribution in [0, 0.1) is 24.1 Å². The minimum Gasteiger partial charge on any atom is -0.383 e. The van der Waals surface area contributed by atoms with Gasteiger partial charge in [0.25, 0.3) is 17.7 Å². The van der Waals surface area contributed by atoms with Crippen molar-refractivity contribution in [3.8, 4) is 6.07 Å². The summed E-state index contributed by atoms with van der Waals surface area (Å²) in [5.41, 5.74) is 1.06. The molecule has 42 heavy (non-hydrogen) atoms. The van der Waals surface area contributed by atoms with Gasteiger partial charge in [0, 0.05) is 37.2 Å². The van der Waals surface area contributed by atoms with Crippen LogP contribution in [-0.4, -0.2) is 51.9 Å². The van der Waals surface area contributed by atoms with E-state index in [0.29, 0.717) is 11.1 Å². The maximum absolute atomic E-state index is 14.6. The zero-order valence-electron chi connectivity index (χ0n) is 22.4. The van der Waals surface area contributed by atoms with Crippen molar-refractivity contribution in [3.63, 3.8) is 0 Å². The van der Waals surface area contributed by atoms with E-state index in [-0.39, 0.29) is 23.5 Å². The summed E-state index contributed by atoms with van der Waals surface area (Å²) in [7, 11) is 0. The van der Waals surface area contributed by atoms with E-state index in [1.165, 1.54) is 30.5 Å². The number of carbonyl (C=O) groups excluding carboxylic acids is 3. The highest BCUT2D eigenvalue weighted by Gasteiger charge is 2.50. The minimum atomic E-state index is -2.92. The molecular weight excluding hydrogens is 551 g/mol. The van der Waals surface area contributed by atoms with Crippen molar-refractivity contribution < 1.29 is 32.7 Å². The summed E-state index contributed by atoms with van der Waals surface area (Å²) in [4.78, 5) is 47.6. The molecule has 0 unspecified atom stereocenters. The number of aliphatic hydroxyl groups is 1. The first kappa shape index (κ1) is 28.8. The lowest BCUT2D eigenvalue weighted by Gasteiger charge is -2.39. The summed E-state index contributed by atoms with van der Waals surface area (Å²) in [5, 5.41) is 22.5. The number of halogens is 3. The highest BCUT2D eigenvalue weighted by molar-refractivity contribution is 6.12. The van der Waals surface area contributed by atoms with Gasteiger partial charge in [0.2, 0.25) is 5.91 Å². The van der Waals surface area contributed by atoms with Crippen LogP contribution in [0.4, 0.5) is 24.7 Å². The fraction of sp³-hybridized carbons (Fsp3) is 0.300. The third kappa shape index (κ3) is 5.56. The van der Waals surface area contributed by atoms with Gasteiger partial charge in [-0.2, -0.15) is 5.26 Å². The van der Waals surface area contributed by atoms with Crippen molar-refractivity contribution in [3.05, 3.63) is 89.4 Å². The van der Waals surface area contributed by atoms with Crippen molar-refractivity contribution in [1.82, 2.24) is 10.3 Å². The average molecular weight is 578 g/mol. The standard InChI is InChI=1S/C30H26F3N5O4/c1-17-5-2-3-8-22(17)26(27(40)36-20-14-30(32,33)15-20)37(21-7-4-6-19(31)12-21)28(41)23-13-24(39)29(42)38(23)25-11-18(16-34)9-10-35-25/h2-12,20,23-24,26,39H,13-15H2,1H3,(H,36,40)/t23-,24+,26-/m0/s1. The molecule has 0 radical (unpaired) electrons. The Kier molecular flexibility index (Phi) is 7.71. The molecular formula is C30H26F3N5O4. The number of pyridine rings is 1. The molecule has 0 bridgehead atoms. The molecule has 9 nitrogen and oxygen atoms in total.